The van der Waals surface area contributed by atoms with E-state index < -0.39 is 5.92 Å². The molecule has 0 radical (unpaired) electrons. The second kappa shape index (κ2) is 8.43. The molecule has 1 heterocycles. The van der Waals surface area contributed by atoms with Crippen LogP contribution in [0.15, 0.2) is 69.3 Å². The summed E-state index contributed by atoms with van der Waals surface area (Å²) in [5, 5.41) is 11.9. The first kappa shape index (κ1) is 17.9. The van der Waals surface area contributed by atoms with Crippen molar-refractivity contribution in [3.05, 3.63) is 69.5 Å². The number of Topliss-reactive ketones (excluding diaryl/α,β-unsaturated/α-hetero) is 1. The van der Waals surface area contributed by atoms with Crippen LogP contribution in [-0.2, 0) is 4.79 Å². The number of ketones is 1. The van der Waals surface area contributed by atoms with Gasteiger partial charge in [-0.2, -0.15) is 5.26 Å². The molecule has 1 aromatic heterocycles. The van der Waals surface area contributed by atoms with Gasteiger partial charge in [0.05, 0.1) is 17.5 Å². The molecule has 0 bridgehead atoms. The van der Waals surface area contributed by atoms with Crippen LogP contribution < -0.4 is 0 Å². The van der Waals surface area contributed by atoms with Crippen LogP contribution in [-0.4, -0.2) is 16.5 Å². The second-order valence-corrected chi connectivity index (χ2v) is 7.95. The van der Waals surface area contributed by atoms with Crippen molar-refractivity contribution in [2.45, 2.75) is 10.8 Å². The number of nitriles is 1. The molecular weight excluding hydrogens is 416 g/mol. The van der Waals surface area contributed by atoms with E-state index in [0.29, 0.717) is 5.01 Å². The largest absolute Gasteiger partial charge is 0.297 e. The predicted molar refractivity (Wildman–Crippen MR) is 106 cm³/mol. The lowest BCUT2D eigenvalue weighted by Crippen LogP contribution is -2.13. The third-order valence-corrected chi connectivity index (χ3v) is 6.46. The fourth-order valence-electron chi connectivity index (χ4n) is 2.22. The quantitative estimate of drug-likeness (QED) is 0.483. The fraction of sp³-hybridized carbons (Fsp3) is 0.105. The van der Waals surface area contributed by atoms with E-state index in [0.717, 1.165) is 20.6 Å². The number of carbonyl (C=O) groups excluding carboxylic acids is 1. The number of benzene rings is 2. The van der Waals surface area contributed by atoms with Gasteiger partial charge in [-0.25, -0.2) is 4.98 Å². The van der Waals surface area contributed by atoms with E-state index in [2.05, 4.69) is 27.0 Å². The van der Waals surface area contributed by atoms with Crippen LogP contribution in [0.3, 0.4) is 0 Å². The minimum absolute atomic E-state index is 0.128. The fourth-order valence-corrected chi connectivity index (χ4v) is 4.59. The monoisotopic (exact) mass is 428 g/mol. The summed E-state index contributed by atoms with van der Waals surface area (Å²) in [7, 11) is 0. The molecule has 1 atom stereocenters. The van der Waals surface area contributed by atoms with Crippen molar-refractivity contribution in [3.63, 3.8) is 0 Å². The minimum atomic E-state index is -0.822. The van der Waals surface area contributed by atoms with Gasteiger partial charge in [-0.1, -0.05) is 42.5 Å². The normalized spacial score (nSPS) is 11.7. The second-order valence-electron chi connectivity index (χ2n) is 5.18. The van der Waals surface area contributed by atoms with Crippen molar-refractivity contribution in [2.75, 3.05) is 5.75 Å². The molecule has 2 aromatic carbocycles. The molecule has 0 spiro atoms. The number of hydrogen-bond donors (Lipinski definition) is 0. The molecule has 0 amide bonds. The van der Waals surface area contributed by atoms with Crippen LogP contribution in [0.5, 0.6) is 0 Å². The Morgan fingerprint density at radius 1 is 1.20 bits per heavy atom. The summed E-state index contributed by atoms with van der Waals surface area (Å²) in [6, 6.07) is 19.6. The molecule has 3 rings (SSSR count). The Kier molecular flexibility index (Phi) is 6.03. The molecule has 3 aromatic rings. The van der Waals surface area contributed by atoms with Crippen molar-refractivity contribution in [1.82, 2.24) is 4.98 Å². The van der Waals surface area contributed by atoms with Crippen LogP contribution in [0.25, 0.3) is 11.3 Å². The maximum absolute atomic E-state index is 12.5. The van der Waals surface area contributed by atoms with Gasteiger partial charge >= 0.3 is 0 Å². The van der Waals surface area contributed by atoms with Gasteiger partial charge in [0.1, 0.15) is 5.01 Å². The number of nitrogens with zero attached hydrogens (tertiary/aromatic N) is 2. The zero-order chi connectivity index (χ0) is 17.6. The van der Waals surface area contributed by atoms with Gasteiger partial charge in [-0.3, -0.25) is 4.79 Å². The predicted octanol–water partition coefficient (Wildman–Crippen LogP) is 5.54. The molecule has 6 heteroatoms. The summed E-state index contributed by atoms with van der Waals surface area (Å²) in [6.45, 7) is 0. The van der Waals surface area contributed by atoms with Gasteiger partial charge < -0.3 is 0 Å². The summed E-state index contributed by atoms with van der Waals surface area (Å²) in [5.74, 6) is -0.712. The zero-order valence-corrected chi connectivity index (χ0v) is 16.3. The average molecular weight is 429 g/mol. The lowest BCUT2D eigenvalue weighted by Gasteiger charge is -2.06. The van der Waals surface area contributed by atoms with Crippen molar-refractivity contribution in [3.8, 4) is 17.3 Å². The number of aromatic nitrogens is 1. The third kappa shape index (κ3) is 4.37. The molecule has 0 N–H and O–H groups in total. The van der Waals surface area contributed by atoms with Crippen LogP contribution in [0, 0.1) is 11.3 Å². The molecule has 124 valence electrons. The highest BCUT2D eigenvalue weighted by atomic mass is 79.9. The van der Waals surface area contributed by atoms with Gasteiger partial charge in [0.2, 0.25) is 0 Å². The van der Waals surface area contributed by atoms with E-state index in [1.54, 1.807) is 0 Å². The number of thiazole rings is 1. The van der Waals surface area contributed by atoms with Gasteiger partial charge in [-0.05, 0) is 28.1 Å². The molecule has 25 heavy (non-hydrogen) atoms. The number of rotatable bonds is 6. The Morgan fingerprint density at radius 3 is 2.64 bits per heavy atom. The summed E-state index contributed by atoms with van der Waals surface area (Å²) in [6.07, 6.45) is 0. The zero-order valence-electron chi connectivity index (χ0n) is 13.1. The van der Waals surface area contributed by atoms with Crippen molar-refractivity contribution in [1.29, 1.82) is 5.26 Å². The first-order chi connectivity index (χ1) is 12.2. The Balaban J connectivity index is 1.72. The lowest BCUT2D eigenvalue weighted by atomic mass is 10.1. The molecule has 1 unspecified atom stereocenters. The molecule has 0 aliphatic carbocycles. The molecular formula is C19H13BrN2OS2. The highest BCUT2D eigenvalue weighted by Gasteiger charge is 2.24. The van der Waals surface area contributed by atoms with E-state index in [9.17, 15) is 10.1 Å². The summed E-state index contributed by atoms with van der Waals surface area (Å²) in [5.41, 5.74) is 1.78. The van der Waals surface area contributed by atoms with E-state index in [1.165, 1.54) is 23.1 Å². The van der Waals surface area contributed by atoms with Gasteiger partial charge in [0, 0.05) is 20.3 Å². The van der Waals surface area contributed by atoms with Gasteiger partial charge in [-0.15, -0.1) is 23.1 Å². The topological polar surface area (TPSA) is 53.8 Å². The maximum Gasteiger partial charge on any atom is 0.167 e. The molecule has 0 aliphatic heterocycles. The van der Waals surface area contributed by atoms with E-state index in [4.69, 9.17) is 0 Å². The summed E-state index contributed by atoms with van der Waals surface area (Å²) >= 11 is 6.25. The Hall–Kier alpha value is -1.94. The Labute approximate surface area is 162 Å². The Bertz CT molecular complexity index is 918. The smallest absolute Gasteiger partial charge is 0.167 e. The van der Waals surface area contributed by atoms with E-state index >= 15 is 0 Å². The van der Waals surface area contributed by atoms with Crippen LogP contribution >= 0.6 is 39.0 Å². The van der Waals surface area contributed by atoms with Crippen molar-refractivity contribution >= 4 is 44.8 Å². The van der Waals surface area contributed by atoms with Crippen LogP contribution in [0.4, 0.5) is 0 Å². The summed E-state index contributed by atoms with van der Waals surface area (Å²) in [4.78, 5) is 18.0. The van der Waals surface area contributed by atoms with Crippen molar-refractivity contribution in [2.24, 2.45) is 0 Å². The Morgan fingerprint density at radius 2 is 1.92 bits per heavy atom. The van der Waals surface area contributed by atoms with Gasteiger partial charge in [0.15, 0.2) is 11.7 Å². The number of thioether (sulfide) groups is 1. The van der Waals surface area contributed by atoms with Crippen LogP contribution in [0.2, 0.25) is 0 Å². The number of carbonyl (C=O) groups is 1. The van der Waals surface area contributed by atoms with E-state index in [1.807, 2.05) is 60.0 Å². The van der Waals surface area contributed by atoms with Crippen molar-refractivity contribution < 1.29 is 4.79 Å². The van der Waals surface area contributed by atoms with Crippen LogP contribution in [0.1, 0.15) is 10.9 Å². The first-order valence-corrected chi connectivity index (χ1v) is 10.2. The standard InChI is InChI=1S/C19H13BrN2OS2/c20-15-8-4-5-9-18(15)24-12-17(23)14(10-21)19-22-16(11-25-19)13-6-2-1-3-7-13/h1-9,11,14H,12H2. The van der Waals surface area contributed by atoms with Gasteiger partial charge in [0.25, 0.3) is 0 Å². The van der Waals surface area contributed by atoms with E-state index in [-0.39, 0.29) is 11.5 Å². The summed E-state index contributed by atoms with van der Waals surface area (Å²) < 4.78 is 0.946. The first-order valence-electron chi connectivity index (χ1n) is 7.49. The lowest BCUT2D eigenvalue weighted by molar-refractivity contribution is -0.116. The maximum atomic E-state index is 12.5. The highest BCUT2D eigenvalue weighted by molar-refractivity contribution is 9.10. The molecule has 0 aliphatic rings. The molecule has 0 fully saturated rings. The average Bonchev–Trinajstić information content (AvgIpc) is 3.12. The SMILES string of the molecule is N#CC(C(=O)CSc1ccccc1Br)c1nc(-c2ccccc2)cs1. The number of halogens is 1. The molecule has 3 nitrogen and oxygen atoms in total. The minimum Gasteiger partial charge on any atom is -0.297 e. The highest BCUT2D eigenvalue weighted by Crippen LogP contribution is 2.30. The third-order valence-electron chi connectivity index (χ3n) is 3.50. The number of hydrogen-bond acceptors (Lipinski definition) is 5. The molecule has 0 saturated heterocycles. The molecule has 0 saturated carbocycles.